The predicted molar refractivity (Wildman–Crippen MR) is 70.3 cm³/mol. The Kier molecular flexibility index (Phi) is 5.55. The molecule has 0 aliphatic heterocycles. The summed E-state index contributed by atoms with van der Waals surface area (Å²) in [5.74, 6) is 0. The van der Waals surface area contributed by atoms with Crippen LogP contribution in [0.15, 0.2) is 30.4 Å². The highest BCUT2D eigenvalue weighted by atomic mass is 35.5. The van der Waals surface area contributed by atoms with Crippen LogP contribution in [-0.2, 0) is 4.74 Å². The summed E-state index contributed by atoms with van der Waals surface area (Å²) in [6.07, 6.45) is 0. The van der Waals surface area contributed by atoms with Gasteiger partial charge in [0.25, 0.3) is 0 Å². The molecule has 0 unspecified atom stereocenters. The van der Waals surface area contributed by atoms with Crippen molar-refractivity contribution in [3.63, 3.8) is 0 Å². The van der Waals surface area contributed by atoms with Crippen LogP contribution in [0.25, 0.3) is 0 Å². The average molecular weight is 251 g/mol. The number of halogens is 1. The second-order valence-corrected chi connectivity index (χ2v) is 4.15. The minimum Gasteiger partial charge on any atom is -0.382 e. The summed E-state index contributed by atoms with van der Waals surface area (Å²) in [7, 11) is 0. The second kappa shape index (κ2) is 6.95. The topological polar surface area (TPSA) is 45.0 Å². The van der Waals surface area contributed by atoms with E-state index in [1.807, 2.05) is 13.0 Å². The van der Waals surface area contributed by atoms with Crippen molar-refractivity contribution in [2.75, 3.05) is 25.1 Å². The Labute approximate surface area is 107 Å². The van der Waals surface area contributed by atoms with Crippen LogP contribution in [-0.4, -0.2) is 19.8 Å². The number of nitrogens with zero attached hydrogens (tertiary/aromatic N) is 1. The van der Waals surface area contributed by atoms with Crippen molar-refractivity contribution in [3.05, 3.63) is 40.9 Å². The molecule has 0 saturated heterocycles. The Balaban J connectivity index is 2.37. The van der Waals surface area contributed by atoms with Gasteiger partial charge in [-0.1, -0.05) is 23.8 Å². The number of nitrogens with one attached hydrogen (secondary N) is 1. The van der Waals surface area contributed by atoms with Crippen molar-refractivity contribution in [2.24, 2.45) is 0 Å². The third kappa shape index (κ3) is 4.90. The van der Waals surface area contributed by atoms with E-state index in [9.17, 15) is 0 Å². The molecule has 17 heavy (non-hydrogen) atoms. The Morgan fingerprint density at radius 1 is 1.59 bits per heavy atom. The number of benzene rings is 1. The molecule has 0 heterocycles. The minimum absolute atomic E-state index is 0.545. The zero-order valence-electron chi connectivity index (χ0n) is 9.79. The highest BCUT2D eigenvalue weighted by Crippen LogP contribution is 2.22. The van der Waals surface area contributed by atoms with Gasteiger partial charge in [0, 0.05) is 6.54 Å². The summed E-state index contributed by atoms with van der Waals surface area (Å²) in [5.41, 5.74) is 2.37. The maximum atomic E-state index is 8.69. The molecule has 90 valence electrons. The first-order chi connectivity index (χ1) is 8.13. The monoisotopic (exact) mass is 250 g/mol. The van der Waals surface area contributed by atoms with Crippen LogP contribution >= 0.6 is 11.6 Å². The SMILES string of the molecule is C=C(C)COCCNc1ccc(C#N)cc1Cl. The molecular formula is C13H15ClN2O. The number of rotatable bonds is 6. The number of hydrogen-bond donors (Lipinski definition) is 1. The van der Waals surface area contributed by atoms with Crippen molar-refractivity contribution >= 4 is 17.3 Å². The summed E-state index contributed by atoms with van der Waals surface area (Å²) in [5, 5.41) is 12.4. The lowest BCUT2D eigenvalue weighted by molar-refractivity contribution is 0.167. The zero-order valence-corrected chi connectivity index (χ0v) is 10.5. The van der Waals surface area contributed by atoms with E-state index < -0.39 is 0 Å². The highest BCUT2D eigenvalue weighted by Gasteiger charge is 2.00. The molecule has 0 bridgehead atoms. The van der Waals surface area contributed by atoms with Gasteiger partial charge < -0.3 is 10.1 Å². The third-order valence-electron chi connectivity index (χ3n) is 2.01. The molecule has 0 radical (unpaired) electrons. The lowest BCUT2D eigenvalue weighted by atomic mass is 10.2. The molecule has 0 fully saturated rings. The summed E-state index contributed by atoms with van der Waals surface area (Å²) in [4.78, 5) is 0. The van der Waals surface area contributed by atoms with Gasteiger partial charge in [-0.3, -0.25) is 0 Å². The van der Waals surface area contributed by atoms with E-state index in [2.05, 4.69) is 11.9 Å². The number of ether oxygens (including phenoxy) is 1. The van der Waals surface area contributed by atoms with Crippen LogP contribution in [0.1, 0.15) is 12.5 Å². The Bertz CT molecular complexity index is 438. The van der Waals surface area contributed by atoms with Crippen molar-refractivity contribution < 1.29 is 4.74 Å². The van der Waals surface area contributed by atoms with E-state index in [0.29, 0.717) is 30.3 Å². The smallest absolute Gasteiger partial charge is 0.0992 e. The molecule has 1 aromatic rings. The van der Waals surface area contributed by atoms with Crippen LogP contribution in [0.3, 0.4) is 0 Å². The number of anilines is 1. The standard InChI is InChI=1S/C13H15ClN2O/c1-10(2)9-17-6-5-16-13-4-3-11(8-15)7-12(13)14/h3-4,7,16H,1,5-6,9H2,2H3. The fraction of sp³-hybridized carbons (Fsp3) is 0.308. The molecule has 0 aliphatic carbocycles. The van der Waals surface area contributed by atoms with Crippen LogP contribution < -0.4 is 5.32 Å². The normalized spacial score (nSPS) is 9.71. The highest BCUT2D eigenvalue weighted by molar-refractivity contribution is 6.33. The quantitative estimate of drug-likeness (QED) is 0.623. The maximum absolute atomic E-state index is 8.69. The Morgan fingerprint density at radius 2 is 2.35 bits per heavy atom. The van der Waals surface area contributed by atoms with Crippen LogP contribution in [0.5, 0.6) is 0 Å². The fourth-order valence-corrected chi connectivity index (χ4v) is 1.48. The molecule has 4 heteroatoms. The van der Waals surface area contributed by atoms with Gasteiger partial charge in [-0.15, -0.1) is 0 Å². The average Bonchev–Trinajstić information content (AvgIpc) is 2.30. The van der Waals surface area contributed by atoms with Gasteiger partial charge in [-0.2, -0.15) is 5.26 Å². The van der Waals surface area contributed by atoms with E-state index in [1.165, 1.54) is 0 Å². The summed E-state index contributed by atoms with van der Waals surface area (Å²) >= 11 is 6.00. The van der Waals surface area contributed by atoms with E-state index in [-0.39, 0.29) is 0 Å². The first kappa shape index (κ1) is 13.6. The van der Waals surface area contributed by atoms with Gasteiger partial charge in [0.05, 0.1) is 35.6 Å². The van der Waals surface area contributed by atoms with Gasteiger partial charge in [-0.05, 0) is 25.1 Å². The van der Waals surface area contributed by atoms with Gasteiger partial charge in [0.2, 0.25) is 0 Å². The van der Waals surface area contributed by atoms with E-state index in [4.69, 9.17) is 21.6 Å². The van der Waals surface area contributed by atoms with E-state index in [0.717, 1.165) is 11.3 Å². The molecule has 0 saturated carbocycles. The lowest BCUT2D eigenvalue weighted by Gasteiger charge is -2.09. The Hall–Kier alpha value is -1.50. The Morgan fingerprint density at radius 3 is 2.94 bits per heavy atom. The maximum Gasteiger partial charge on any atom is 0.0992 e. The lowest BCUT2D eigenvalue weighted by Crippen LogP contribution is -2.10. The van der Waals surface area contributed by atoms with Crippen LogP contribution in [0, 0.1) is 11.3 Å². The van der Waals surface area contributed by atoms with Crippen LogP contribution in [0.4, 0.5) is 5.69 Å². The molecule has 1 aromatic carbocycles. The molecule has 0 aliphatic rings. The molecule has 0 amide bonds. The number of nitriles is 1. The summed E-state index contributed by atoms with van der Waals surface area (Å²) < 4.78 is 5.34. The van der Waals surface area contributed by atoms with Gasteiger partial charge in [0.15, 0.2) is 0 Å². The van der Waals surface area contributed by atoms with Crippen molar-refractivity contribution in [1.29, 1.82) is 5.26 Å². The second-order valence-electron chi connectivity index (χ2n) is 3.74. The van der Waals surface area contributed by atoms with Crippen molar-refractivity contribution in [1.82, 2.24) is 0 Å². The van der Waals surface area contributed by atoms with Crippen LogP contribution in [0.2, 0.25) is 5.02 Å². The molecule has 1 N–H and O–H groups in total. The summed E-state index contributed by atoms with van der Waals surface area (Å²) in [6.45, 7) is 7.49. The largest absolute Gasteiger partial charge is 0.382 e. The van der Waals surface area contributed by atoms with Gasteiger partial charge >= 0.3 is 0 Å². The van der Waals surface area contributed by atoms with Gasteiger partial charge in [-0.25, -0.2) is 0 Å². The fourth-order valence-electron chi connectivity index (χ4n) is 1.23. The van der Waals surface area contributed by atoms with E-state index >= 15 is 0 Å². The first-order valence-corrected chi connectivity index (χ1v) is 5.67. The van der Waals surface area contributed by atoms with Gasteiger partial charge in [0.1, 0.15) is 0 Å². The van der Waals surface area contributed by atoms with Crippen molar-refractivity contribution in [3.8, 4) is 6.07 Å². The predicted octanol–water partition coefficient (Wildman–Crippen LogP) is 3.22. The van der Waals surface area contributed by atoms with Crippen molar-refractivity contribution in [2.45, 2.75) is 6.92 Å². The molecule has 0 spiro atoms. The molecule has 0 aromatic heterocycles. The third-order valence-corrected chi connectivity index (χ3v) is 2.32. The minimum atomic E-state index is 0.545. The zero-order chi connectivity index (χ0) is 12.7. The van der Waals surface area contributed by atoms with E-state index in [1.54, 1.807) is 18.2 Å². The molecule has 1 rings (SSSR count). The molecule has 0 atom stereocenters. The molecular weight excluding hydrogens is 236 g/mol. The molecule has 3 nitrogen and oxygen atoms in total. The first-order valence-electron chi connectivity index (χ1n) is 5.29. The summed E-state index contributed by atoms with van der Waals surface area (Å²) in [6, 6.07) is 7.19. The number of hydrogen-bond acceptors (Lipinski definition) is 3.